The molecule has 0 saturated heterocycles. The molecule has 0 bridgehead atoms. The summed E-state index contributed by atoms with van der Waals surface area (Å²) >= 11 is 0. The molecule has 1 radical (unpaired) electrons. The minimum atomic E-state index is 0. The summed E-state index contributed by atoms with van der Waals surface area (Å²) in [7, 11) is 0. The third-order valence-electron chi connectivity index (χ3n) is 8.67. The summed E-state index contributed by atoms with van der Waals surface area (Å²) in [6.45, 7) is 25.9. The Kier molecular flexibility index (Phi) is 19.5. The zero-order chi connectivity index (χ0) is 25.1. The minimum Gasteiger partial charge on any atom is -0.497 e. The van der Waals surface area contributed by atoms with Crippen LogP contribution >= 0.6 is 0 Å². The van der Waals surface area contributed by atoms with Crippen molar-refractivity contribution in [1.29, 1.82) is 0 Å². The van der Waals surface area contributed by atoms with Crippen LogP contribution in [0.3, 0.4) is 0 Å². The van der Waals surface area contributed by atoms with Gasteiger partial charge in [-0.05, 0) is 80.1 Å². The summed E-state index contributed by atoms with van der Waals surface area (Å²) in [5.74, 6) is 2.63. The van der Waals surface area contributed by atoms with Gasteiger partial charge in [-0.3, -0.25) is 6.58 Å². The second kappa shape index (κ2) is 18.3. The van der Waals surface area contributed by atoms with Crippen LogP contribution in [0, 0.1) is 42.1 Å². The molecular formula is C34H60Y-2. The van der Waals surface area contributed by atoms with Crippen LogP contribution in [0.15, 0.2) is 42.0 Å². The maximum atomic E-state index is 4.38. The molecular weight excluding hydrogens is 497 g/mol. The Balaban J connectivity index is 0. The first-order chi connectivity index (χ1) is 15.8. The standard InChI is InChI=1S/C29H45.2C2H6.CH3.Y/c1-7-28(5)20-18-24(23(4)21-28)14-15-25-12-10-19-29(6)26(16-17-27(25)29)13-9-8-11-22(2)3;2*1-2;;/h14-15,22,26-27H,1,4,8-13,16-21H2,2-3,5-6H3;2*1-2H3;1H3;/q-1;;;-1;/b24-14+,25-15+;;;;. The topological polar surface area (TPSA) is 0 Å². The van der Waals surface area contributed by atoms with Crippen LogP contribution in [-0.2, 0) is 32.7 Å². The molecule has 3 aliphatic rings. The first kappa shape index (κ1) is 37.2. The average Bonchev–Trinajstić information content (AvgIpc) is 3.15. The van der Waals surface area contributed by atoms with Gasteiger partial charge in [0.25, 0.3) is 0 Å². The molecule has 0 N–H and O–H groups in total. The fourth-order valence-corrected chi connectivity index (χ4v) is 6.58. The molecule has 1 heteroatoms. The molecule has 0 aromatic heterocycles. The van der Waals surface area contributed by atoms with Gasteiger partial charge in [0.15, 0.2) is 0 Å². The van der Waals surface area contributed by atoms with Crippen molar-refractivity contribution in [3.8, 4) is 0 Å². The van der Waals surface area contributed by atoms with E-state index in [4.69, 9.17) is 0 Å². The van der Waals surface area contributed by atoms with E-state index in [1.54, 1.807) is 5.57 Å². The van der Waals surface area contributed by atoms with Crippen molar-refractivity contribution in [2.75, 3.05) is 0 Å². The van der Waals surface area contributed by atoms with Crippen LogP contribution in [-0.4, -0.2) is 0 Å². The van der Waals surface area contributed by atoms with Gasteiger partial charge in [-0.15, -0.1) is 0 Å². The smallest absolute Gasteiger partial charge is 0 e. The second-order valence-electron chi connectivity index (χ2n) is 11.3. The first-order valence-corrected chi connectivity index (χ1v) is 14.4. The predicted molar refractivity (Wildman–Crippen MR) is 157 cm³/mol. The molecule has 3 aliphatic carbocycles. The van der Waals surface area contributed by atoms with E-state index in [2.05, 4.69) is 59.1 Å². The van der Waals surface area contributed by atoms with Gasteiger partial charge in [0.05, 0.1) is 0 Å². The van der Waals surface area contributed by atoms with E-state index in [9.17, 15) is 0 Å². The molecule has 4 atom stereocenters. The predicted octanol–water partition coefficient (Wildman–Crippen LogP) is 11.5. The molecule has 0 amide bonds. The SMILES string of the molecule is C=[C-]C1(C)CC/C(=C\C=C2/CCCC3(C)C(CCCCC(C)C)CCC23)C(=C)C1.CC.CC.[CH3-].[Y]. The van der Waals surface area contributed by atoms with Crippen molar-refractivity contribution in [1.82, 2.24) is 0 Å². The van der Waals surface area contributed by atoms with Gasteiger partial charge in [-0.1, -0.05) is 111 Å². The maximum Gasteiger partial charge on any atom is 0 e. The zero-order valence-corrected chi connectivity index (χ0v) is 28.2. The van der Waals surface area contributed by atoms with Gasteiger partial charge in [0.2, 0.25) is 0 Å². The first-order valence-electron chi connectivity index (χ1n) is 14.4. The van der Waals surface area contributed by atoms with E-state index in [0.29, 0.717) is 5.41 Å². The van der Waals surface area contributed by atoms with Gasteiger partial charge >= 0.3 is 0 Å². The Morgan fingerprint density at radius 3 is 2.23 bits per heavy atom. The monoisotopic (exact) mass is 557 g/mol. The fraction of sp³-hybridized carbons (Fsp3) is 0.735. The molecule has 0 nitrogen and oxygen atoms in total. The van der Waals surface area contributed by atoms with Crippen LogP contribution in [0.25, 0.3) is 0 Å². The van der Waals surface area contributed by atoms with Crippen molar-refractivity contribution in [3.63, 3.8) is 0 Å². The van der Waals surface area contributed by atoms with E-state index in [1.807, 2.05) is 27.7 Å². The molecule has 0 aliphatic heterocycles. The van der Waals surface area contributed by atoms with E-state index in [1.165, 1.54) is 68.9 Å². The normalized spacial score (nSPS) is 31.9. The van der Waals surface area contributed by atoms with Gasteiger partial charge in [-0.25, -0.2) is 0 Å². The Bertz CT molecular complexity index is 666. The summed E-state index contributed by atoms with van der Waals surface area (Å²) in [5.41, 5.74) is 5.20. The maximum absolute atomic E-state index is 4.38. The summed E-state index contributed by atoms with van der Waals surface area (Å²) in [4.78, 5) is 0. The third kappa shape index (κ3) is 10.4. The van der Waals surface area contributed by atoms with Crippen molar-refractivity contribution in [3.05, 3.63) is 55.5 Å². The summed E-state index contributed by atoms with van der Waals surface area (Å²) in [6, 6.07) is 0. The van der Waals surface area contributed by atoms with Gasteiger partial charge in [-0.2, -0.15) is 5.41 Å². The van der Waals surface area contributed by atoms with Crippen LogP contribution in [0.2, 0.25) is 0 Å². The molecule has 3 saturated carbocycles. The number of fused-ring (bicyclic) bond motifs is 1. The van der Waals surface area contributed by atoms with Crippen molar-refractivity contribution in [2.24, 2.45) is 28.6 Å². The molecule has 35 heavy (non-hydrogen) atoms. The van der Waals surface area contributed by atoms with E-state index in [-0.39, 0.29) is 45.6 Å². The molecule has 0 heterocycles. The molecule has 0 aromatic carbocycles. The van der Waals surface area contributed by atoms with Gasteiger partial charge in [0, 0.05) is 32.7 Å². The van der Waals surface area contributed by atoms with Crippen LogP contribution in [0.1, 0.15) is 132 Å². The summed E-state index contributed by atoms with van der Waals surface area (Å²) in [6.07, 6.45) is 24.2. The zero-order valence-electron chi connectivity index (χ0n) is 25.4. The van der Waals surface area contributed by atoms with Crippen molar-refractivity contribution < 1.29 is 32.7 Å². The number of hydrogen-bond donors (Lipinski definition) is 0. The van der Waals surface area contributed by atoms with Crippen molar-refractivity contribution >= 4 is 0 Å². The third-order valence-corrected chi connectivity index (χ3v) is 8.67. The van der Waals surface area contributed by atoms with E-state index in [0.717, 1.165) is 37.0 Å². The number of rotatable bonds is 7. The molecule has 0 aromatic rings. The quantitative estimate of drug-likeness (QED) is 0.216. The molecule has 201 valence electrons. The number of allylic oxidation sites excluding steroid dienone is 6. The van der Waals surface area contributed by atoms with E-state index >= 15 is 0 Å². The molecule has 4 unspecified atom stereocenters. The Hall–Kier alpha value is 0.0639. The summed E-state index contributed by atoms with van der Waals surface area (Å²) in [5, 5.41) is 0. The largest absolute Gasteiger partial charge is 0.497 e. The van der Waals surface area contributed by atoms with E-state index < -0.39 is 0 Å². The summed E-state index contributed by atoms with van der Waals surface area (Å²) < 4.78 is 0. The Morgan fingerprint density at radius 1 is 1.00 bits per heavy atom. The van der Waals surface area contributed by atoms with Crippen molar-refractivity contribution in [2.45, 2.75) is 132 Å². The number of unbranched alkanes of at least 4 members (excludes halogenated alkanes) is 1. The Labute approximate surface area is 247 Å². The fourth-order valence-electron chi connectivity index (χ4n) is 6.58. The van der Waals surface area contributed by atoms with Crippen LogP contribution in [0.5, 0.6) is 0 Å². The average molecular weight is 558 g/mol. The Morgan fingerprint density at radius 2 is 1.66 bits per heavy atom. The van der Waals surface area contributed by atoms with Crippen LogP contribution in [0.4, 0.5) is 0 Å². The molecule has 0 spiro atoms. The molecule has 3 fully saturated rings. The number of hydrogen-bond acceptors (Lipinski definition) is 0. The second-order valence-corrected chi connectivity index (χ2v) is 11.3. The molecule has 3 rings (SSSR count). The minimum absolute atomic E-state index is 0. The van der Waals surface area contributed by atoms with Crippen LogP contribution < -0.4 is 0 Å². The van der Waals surface area contributed by atoms with Gasteiger partial charge < -0.3 is 13.5 Å². The van der Waals surface area contributed by atoms with Gasteiger partial charge in [0.1, 0.15) is 0 Å².